The molecule has 0 radical (unpaired) electrons. The van der Waals surface area contributed by atoms with Crippen LogP contribution in [-0.4, -0.2) is 69.0 Å². The van der Waals surface area contributed by atoms with Gasteiger partial charge in [-0.2, -0.15) is 0 Å². The molecule has 3 heterocycles. The van der Waals surface area contributed by atoms with Crippen LogP contribution in [0.25, 0.3) is 11.5 Å². The van der Waals surface area contributed by atoms with Crippen molar-refractivity contribution in [2.45, 2.75) is 37.5 Å². The summed E-state index contributed by atoms with van der Waals surface area (Å²) in [6.07, 6.45) is -1.93. The zero-order chi connectivity index (χ0) is 27.3. The Hall–Kier alpha value is -1.88. The van der Waals surface area contributed by atoms with E-state index in [4.69, 9.17) is 28.9 Å². The Bertz CT molecular complexity index is 1140. The maximum absolute atomic E-state index is 12.9. The van der Waals surface area contributed by atoms with Crippen LogP contribution in [0, 0.1) is 0 Å². The second-order valence-electron chi connectivity index (χ2n) is 6.99. The summed E-state index contributed by atoms with van der Waals surface area (Å²) in [5.41, 5.74) is -0.539. The minimum Gasteiger partial charge on any atom is -0.439 e. The quantitative estimate of drug-likeness (QED) is 0.201. The fraction of sp³-hybridized carbons (Fsp3) is 0.350. The zero-order valence-electron chi connectivity index (χ0n) is 18.9. The number of hydrogen-bond donors (Lipinski definition) is 6. The number of aliphatic hydroxyl groups excluding tert-OH is 3. The number of aromatic nitrogens is 3. The Morgan fingerprint density at radius 1 is 0.944 bits per heavy atom. The molecule has 1 fully saturated rings. The number of oxazole rings is 1. The largest absolute Gasteiger partial charge is 0.439 e. The lowest BCUT2D eigenvalue weighted by atomic mass is 10.1. The van der Waals surface area contributed by atoms with E-state index < -0.39 is 35.8 Å². The molecule has 2 aromatic heterocycles. The minimum atomic E-state index is -1.39. The van der Waals surface area contributed by atoms with Gasteiger partial charge in [-0.3, -0.25) is 13.9 Å². The van der Waals surface area contributed by atoms with E-state index >= 15 is 0 Å². The normalized spacial score (nSPS) is 20.2. The van der Waals surface area contributed by atoms with Gasteiger partial charge in [-0.25, -0.2) is 9.78 Å². The van der Waals surface area contributed by atoms with Gasteiger partial charge in [-0.15, -0.1) is 0 Å². The number of aliphatic hydroxyl groups is 3. The Labute approximate surface area is 212 Å². The van der Waals surface area contributed by atoms with Crippen LogP contribution in [-0.2, 0) is 11.3 Å². The molecule has 0 spiro atoms. The third-order valence-electron chi connectivity index (χ3n) is 5.01. The molecule has 3 aromatic rings. The fourth-order valence-electron chi connectivity index (χ4n) is 3.45. The maximum atomic E-state index is 12.9. The van der Waals surface area contributed by atoms with Crippen LogP contribution in [0.1, 0.15) is 18.4 Å². The summed E-state index contributed by atoms with van der Waals surface area (Å²) < 4.78 is 13.2. The van der Waals surface area contributed by atoms with Crippen LogP contribution in [0.3, 0.4) is 0 Å². The lowest BCUT2D eigenvalue weighted by Gasteiger charge is -2.18. The van der Waals surface area contributed by atoms with E-state index in [0.717, 1.165) is 20.8 Å². The van der Waals surface area contributed by atoms with E-state index in [1.807, 2.05) is 30.3 Å². The molecule has 7 unspecified atom stereocenters. The molecule has 36 heavy (non-hydrogen) atoms. The van der Waals surface area contributed by atoms with Crippen molar-refractivity contribution in [1.29, 1.82) is 0 Å². The molecule has 13 nitrogen and oxygen atoms in total. The molecule has 0 amide bonds. The minimum absolute atomic E-state index is 0.101. The average Bonchev–Trinajstić information content (AvgIpc) is 3.51. The Morgan fingerprint density at radius 2 is 1.58 bits per heavy atom. The first-order chi connectivity index (χ1) is 17.5. The van der Waals surface area contributed by atoms with Crippen LogP contribution in [0.2, 0.25) is 0 Å². The SMILES string of the molecule is O=c1ccn(C2OC(CCO)C(O)C2O)c(=O)n1Cc1cnc(-c2ccccc2)o1.OP.OP.OP. The molecule has 0 aliphatic carbocycles. The van der Waals surface area contributed by atoms with Gasteiger partial charge in [0.2, 0.25) is 5.89 Å². The number of nitrogens with zero attached hydrogens (tertiary/aromatic N) is 3. The predicted molar refractivity (Wildman–Crippen MR) is 139 cm³/mol. The lowest BCUT2D eigenvalue weighted by molar-refractivity contribution is -0.0458. The number of ether oxygens (including phenoxy) is 1. The van der Waals surface area contributed by atoms with Gasteiger partial charge in [0.05, 0.1) is 18.8 Å². The number of rotatable bonds is 6. The molecule has 1 aromatic carbocycles. The summed E-state index contributed by atoms with van der Waals surface area (Å²) in [5, 5.41) is 29.4. The van der Waals surface area contributed by atoms with Crippen LogP contribution >= 0.6 is 28.4 Å². The molecule has 0 saturated carbocycles. The molecule has 4 rings (SSSR count). The van der Waals surface area contributed by atoms with Gasteiger partial charge in [-0.1, -0.05) is 18.2 Å². The summed E-state index contributed by atoms with van der Waals surface area (Å²) in [4.78, 5) is 50.2. The van der Waals surface area contributed by atoms with E-state index in [1.54, 1.807) is 0 Å². The second-order valence-corrected chi connectivity index (χ2v) is 6.99. The first-order valence-electron chi connectivity index (χ1n) is 10.2. The van der Waals surface area contributed by atoms with Crippen LogP contribution in [0.5, 0.6) is 0 Å². The zero-order valence-corrected chi connectivity index (χ0v) is 22.4. The average molecular weight is 565 g/mol. The van der Waals surface area contributed by atoms with Gasteiger partial charge < -0.3 is 39.2 Å². The summed E-state index contributed by atoms with van der Waals surface area (Å²) in [6.45, 7) is -0.408. The van der Waals surface area contributed by atoms with E-state index in [-0.39, 0.29) is 19.6 Å². The van der Waals surface area contributed by atoms with Crippen LogP contribution in [0.15, 0.2) is 62.8 Å². The highest BCUT2D eigenvalue weighted by atomic mass is 31.0. The molecule has 7 atom stereocenters. The van der Waals surface area contributed by atoms with Crippen molar-refractivity contribution in [3.05, 3.63) is 75.4 Å². The third kappa shape index (κ3) is 7.81. The Morgan fingerprint density at radius 3 is 2.19 bits per heavy atom. The third-order valence-corrected chi connectivity index (χ3v) is 5.01. The van der Waals surface area contributed by atoms with Gasteiger partial charge in [0.15, 0.2) is 6.23 Å². The summed E-state index contributed by atoms with van der Waals surface area (Å²) in [7, 11) is 4.25. The van der Waals surface area contributed by atoms with Crippen molar-refractivity contribution in [3.8, 4) is 11.5 Å². The second kappa shape index (κ2) is 16.8. The Kier molecular flexibility index (Phi) is 15.0. The summed E-state index contributed by atoms with van der Waals surface area (Å²) >= 11 is 0. The van der Waals surface area contributed by atoms with E-state index in [9.17, 15) is 19.8 Å². The van der Waals surface area contributed by atoms with Crippen molar-refractivity contribution < 1.29 is 39.2 Å². The molecule has 0 bridgehead atoms. The topological polar surface area (TPSA) is 201 Å². The predicted octanol–water partition coefficient (Wildman–Crippen LogP) is -0.979. The highest BCUT2D eigenvalue weighted by molar-refractivity contribution is 7.08. The smallest absolute Gasteiger partial charge is 0.333 e. The highest BCUT2D eigenvalue weighted by Crippen LogP contribution is 2.29. The Balaban J connectivity index is 0.00000101. The van der Waals surface area contributed by atoms with Crippen molar-refractivity contribution >= 4 is 28.4 Å². The van der Waals surface area contributed by atoms with Crippen molar-refractivity contribution in [2.75, 3.05) is 6.61 Å². The van der Waals surface area contributed by atoms with Crippen molar-refractivity contribution in [2.24, 2.45) is 0 Å². The van der Waals surface area contributed by atoms with Gasteiger partial charge in [0, 0.05) is 24.4 Å². The van der Waals surface area contributed by atoms with Gasteiger partial charge in [-0.05, 0) is 47.0 Å². The van der Waals surface area contributed by atoms with Gasteiger partial charge in [0.1, 0.15) is 18.0 Å². The first kappa shape index (κ1) is 32.1. The molecule has 1 saturated heterocycles. The monoisotopic (exact) mass is 565 g/mol. The summed E-state index contributed by atoms with van der Waals surface area (Å²) in [5.74, 6) is 0.663. The molecule has 200 valence electrons. The number of benzene rings is 1. The van der Waals surface area contributed by atoms with E-state index in [1.165, 1.54) is 40.8 Å². The molecular weight excluding hydrogens is 535 g/mol. The molecule has 16 heteroatoms. The molecule has 6 N–H and O–H groups in total. The molecule has 1 aliphatic rings. The van der Waals surface area contributed by atoms with Crippen LogP contribution < -0.4 is 11.2 Å². The van der Waals surface area contributed by atoms with Crippen molar-refractivity contribution in [3.63, 3.8) is 0 Å². The van der Waals surface area contributed by atoms with Gasteiger partial charge >= 0.3 is 5.69 Å². The summed E-state index contributed by atoms with van der Waals surface area (Å²) in [6, 6.07) is 10.4. The van der Waals surface area contributed by atoms with Gasteiger partial charge in [0.25, 0.3) is 5.56 Å². The van der Waals surface area contributed by atoms with E-state index in [2.05, 4.69) is 4.98 Å². The highest BCUT2D eigenvalue weighted by Gasteiger charge is 2.43. The molecular formula is C20H30N3O10P3. The maximum Gasteiger partial charge on any atom is 0.333 e. The van der Waals surface area contributed by atoms with E-state index in [0.29, 0.717) is 11.7 Å². The molecule has 1 aliphatic heterocycles. The lowest BCUT2D eigenvalue weighted by Crippen LogP contribution is -2.43. The fourth-order valence-corrected chi connectivity index (χ4v) is 3.45. The van der Waals surface area contributed by atoms with Crippen LogP contribution in [0.4, 0.5) is 0 Å². The first-order valence-corrected chi connectivity index (χ1v) is 11.8. The number of hydrogen-bond acceptors (Lipinski definition) is 11. The van der Waals surface area contributed by atoms with Crippen molar-refractivity contribution in [1.82, 2.24) is 14.1 Å². The standard InChI is InChI=1S/C20H21N3O7.3H3OP/c24-9-7-14-16(26)17(27)19(30-14)22-8-6-15(25)23(20(22)28)11-13-10-21-18(29-13)12-4-2-1-3-5-12;3*1-2/h1-6,8,10,14,16-17,19,24,26-27H,7,9,11H2;3*1H,2H2.